The van der Waals surface area contributed by atoms with Gasteiger partial charge >= 0.3 is 0 Å². The number of nitriles is 2. The number of nitrogens with one attached hydrogen (secondary N) is 1. The van der Waals surface area contributed by atoms with Crippen molar-refractivity contribution in [3.63, 3.8) is 0 Å². The second kappa shape index (κ2) is 7.87. The van der Waals surface area contributed by atoms with Crippen LogP contribution in [-0.2, 0) is 10.5 Å². The Kier molecular flexibility index (Phi) is 5.59. The molecule has 0 saturated carbocycles. The fraction of sp³-hybridized carbons (Fsp3) is 0.118. The molecular weight excluding hydrogens is 294 g/mol. The van der Waals surface area contributed by atoms with Crippen LogP contribution in [0.5, 0.6) is 0 Å². The summed E-state index contributed by atoms with van der Waals surface area (Å²) in [5.74, 6) is 0.814. The number of benzene rings is 2. The summed E-state index contributed by atoms with van der Waals surface area (Å²) in [6.07, 6.45) is 0. The van der Waals surface area contributed by atoms with Gasteiger partial charge in [0.05, 0.1) is 29.0 Å². The number of hydrogen-bond donors (Lipinski definition) is 1. The highest BCUT2D eigenvalue weighted by Crippen LogP contribution is 2.16. The van der Waals surface area contributed by atoms with E-state index in [4.69, 9.17) is 10.5 Å². The molecule has 0 aliphatic carbocycles. The van der Waals surface area contributed by atoms with Gasteiger partial charge in [-0.25, -0.2) is 0 Å². The van der Waals surface area contributed by atoms with Crippen molar-refractivity contribution in [2.45, 2.75) is 5.75 Å². The number of anilines is 1. The van der Waals surface area contributed by atoms with Gasteiger partial charge in [0, 0.05) is 11.4 Å². The molecule has 1 N–H and O–H groups in total. The van der Waals surface area contributed by atoms with E-state index >= 15 is 0 Å². The lowest BCUT2D eigenvalue weighted by atomic mass is 10.1. The Labute approximate surface area is 133 Å². The first kappa shape index (κ1) is 15.6. The SMILES string of the molecule is N#Cc1ccc(NC(=O)CSCc2ccccc2C#N)cc1. The minimum Gasteiger partial charge on any atom is -0.325 e. The predicted molar refractivity (Wildman–Crippen MR) is 87.1 cm³/mol. The zero-order valence-corrected chi connectivity index (χ0v) is 12.6. The molecule has 0 aliphatic rings. The topological polar surface area (TPSA) is 76.7 Å². The Morgan fingerprint density at radius 3 is 2.45 bits per heavy atom. The molecular formula is C17H13N3OS. The summed E-state index contributed by atoms with van der Waals surface area (Å²) in [6.45, 7) is 0. The first-order valence-corrected chi connectivity index (χ1v) is 7.74. The van der Waals surface area contributed by atoms with Crippen LogP contribution >= 0.6 is 11.8 Å². The molecule has 0 saturated heterocycles. The third-order valence-corrected chi connectivity index (χ3v) is 3.91. The second-order valence-corrected chi connectivity index (χ2v) is 5.48. The van der Waals surface area contributed by atoms with E-state index in [2.05, 4.69) is 11.4 Å². The molecule has 108 valence electrons. The Bertz CT molecular complexity index is 742. The highest BCUT2D eigenvalue weighted by atomic mass is 32.2. The molecule has 0 bridgehead atoms. The van der Waals surface area contributed by atoms with Gasteiger partial charge in [0.25, 0.3) is 0 Å². The van der Waals surface area contributed by atoms with Crippen molar-refractivity contribution in [2.75, 3.05) is 11.1 Å². The van der Waals surface area contributed by atoms with Gasteiger partial charge in [0.2, 0.25) is 5.91 Å². The number of carbonyl (C=O) groups is 1. The van der Waals surface area contributed by atoms with Crippen LogP contribution in [0.3, 0.4) is 0 Å². The predicted octanol–water partition coefficient (Wildman–Crippen LogP) is 3.30. The Morgan fingerprint density at radius 2 is 1.77 bits per heavy atom. The van der Waals surface area contributed by atoms with Gasteiger partial charge in [-0.2, -0.15) is 10.5 Å². The maximum atomic E-state index is 11.8. The molecule has 5 heteroatoms. The first-order chi connectivity index (χ1) is 10.7. The standard InChI is InChI=1S/C17H13N3OS/c18-9-13-5-7-16(8-6-13)20-17(21)12-22-11-15-4-2-1-3-14(15)10-19/h1-8H,11-12H2,(H,20,21). The van der Waals surface area contributed by atoms with E-state index in [0.29, 0.717) is 28.3 Å². The average Bonchev–Trinajstić information content (AvgIpc) is 2.56. The van der Waals surface area contributed by atoms with E-state index in [9.17, 15) is 4.79 Å². The number of rotatable bonds is 5. The van der Waals surface area contributed by atoms with Gasteiger partial charge in [-0.15, -0.1) is 11.8 Å². The monoisotopic (exact) mass is 307 g/mol. The molecule has 1 amide bonds. The van der Waals surface area contributed by atoms with Gasteiger partial charge in [-0.3, -0.25) is 4.79 Å². The third-order valence-electron chi connectivity index (χ3n) is 2.93. The maximum Gasteiger partial charge on any atom is 0.234 e. The second-order valence-electron chi connectivity index (χ2n) is 4.50. The Balaban J connectivity index is 1.83. The summed E-state index contributed by atoms with van der Waals surface area (Å²) >= 11 is 1.46. The van der Waals surface area contributed by atoms with Crippen molar-refractivity contribution in [3.05, 3.63) is 65.2 Å². The van der Waals surface area contributed by atoms with Gasteiger partial charge in [0.15, 0.2) is 0 Å². The van der Waals surface area contributed by atoms with Crippen LogP contribution in [0.4, 0.5) is 5.69 Å². The smallest absolute Gasteiger partial charge is 0.234 e. The van der Waals surface area contributed by atoms with E-state index in [1.165, 1.54) is 11.8 Å². The maximum absolute atomic E-state index is 11.8. The minimum atomic E-state index is -0.107. The van der Waals surface area contributed by atoms with Crippen LogP contribution in [-0.4, -0.2) is 11.7 Å². The zero-order chi connectivity index (χ0) is 15.8. The summed E-state index contributed by atoms with van der Waals surface area (Å²) in [7, 11) is 0. The fourth-order valence-electron chi connectivity index (χ4n) is 1.83. The van der Waals surface area contributed by atoms with Crippen molar-refractivity contribution in [1.82, 2.24) is 0 Å². The van der Waals surface area contributed by atoms with Crippen molar-refractivity contribution in [2.24, 2.45) is 0 Å². The lowest BCUT2D eigenvalue weighted by Crippen LogP contribution is -2.14. The van der Waals surface area contributed by atoms with Crippen molar-refractivity contribution < 1.29 is 4.79 Å². The summed E-state index contributed by atoms with van der Waals surface area (Å²) in [5, 5.41) is 20.5. The lowest BCUT2D eigenvalue weighted by molar-refractivity contribution is -0.113. The summed E-state index contributed by atoms with van der Waals surface area (Å²) in [6, 6.07) is 18.3. The van der Waals surface area contributed by atoms with Crippen LogP contribution in [0.15, 0.2) is 48.5 Å². The number of hydrogen-bond acceptors (Lipinski definition) is 4. The van der Waals surface area contributed by atoms with Gasteiger partial charge in [0.1, 0.15) is 0 Å². The third kappa shape index (κ3) is 4.37. The average molecular weight is 307 g/mol. The van der Waals surface area contributed by atoms with E-state index < -0.39 is 0 Å². The molecule has 4 nitrogen and oxygen atoms in total. The fourth-order valence-corrected chi connectivity index (χ4v) is 2.67. The molecule has 2 aromatic rings. The van der Waals surface area contributed by atoms with Crippen LogP contribution in [0.2, 0.25) is 0 Å². The van der Waals surface area contributed by atoms with E-state index in [1.807, 2.05) is 24.3 Å². The molecule has 2 rings (SSSR count). The van der Waals surface area contributed by atoms with Crippen LogP contribution in [0.25, 0.3) is 0 Å². The first-order valence-electron chi connectivity index (χ1n) is 6.58. The lowest BCUT2D eigenvalue weighted by Gasteiger charge is -2.06. The molecule has 0 atom stereocenters. The highest BCUT2D eigenvalue weighted by Gasteiger charge is 2.05. The molecule has 0 heterocycles. The molecule has 0 fully saturated rings. The normalized spacial score (nSPS) is 9.55. The van der Waals surface area contributed by atoms with Crippen molar-refractivity contribution in [1.29, 1.82) is 10.5 Å². The van der Waals surface area contributed by atoms with E-state index in [-0.39, 0.29) is 5.91 Å². The molecule has 0 radical (unpaired) electrons. The number of nitrogens with zero attached hydrogens (tertiary/aromatic N) is 2. The van der Waals surface area contributed by atoms with Gasteiger partial charge in [-0.05, 0) is 35.9 Å². The molecule has 2 aromatic carbocycles. The van der Waals surface area contributed by atoms with Crippen LogP contribution < -0.4 is 5.32 Å². The highest BCUT2D eigenvalue weighted by molar-refractivity contribution is 7.99. The van der Waals surface area contributed by atoms with Crippen LogP contribution in [0, 0.1) is 22.7 Å². The van der Waals surface area contributed by atoms with E-state index in [1.54, 1.807) is 30.3 Å². The Morgan fingerprint density at radius 1 is 1.05 bits per heavy atom. The van der Waals surface area contributed by atoms with Crippen LogP contribution in [0.1, 0.15) is 16.7 Å². The molecule has 0 aliphatic heterocycles. The molecule has 0 aromatic heterocycles. The van der Waals surface area contributed by atoms with Gasteiger partial charge in [-0.1, -0.05) is 18.2 Å². The number of carbonyl (C=O) groups excluding carboxylic acids is 1. The Hall–Kier alpha value is -2.76. The summed E-state index contributed by atoms with van der Waals surface area (Å²) in [5.41, 5.74) is 2.80. The minimum absolute atomic E-state index is 0.107. The van der Waals surface area contributed by atoms with Gasteiger partial charge < -0.3 is 5.32 Å². The molecule has 22 heavy (non-hydrogen) atoms. The largest absolute Gasteiger partial charge is 0.325 e. The number of thioether (sulfide) groups is 1. The summed E-state index contributed by atoms with van der Waals surface area (Å²) in [4.78, 5) is 11.8. The molecule has 0 spiro atoms. The quantitative estimate of drug-likeness (QED) is 0.919. The zero-order valence-electron chi connectivity index (χ0n) is 11.7. The molecule has 0 unspecified atom stereocenters. The van der Waals surface area contributed by atoms with E-state index in [0.717, 1.165) is 5.56 Å². The van der Waals surface area contributed by atoms with Crippen molar-refractivity contribution in [3.8, 4) is 12.1 Å². The van der Waals surface area contributed by atoms with Crippen molar-refractivity contribution >= 4 is 23.4 Å². The number of amides is 1. The summed E-state index contributed by atoms with van der Waals surface area (Å²) < 4.78 is 0.